The van der Waals surface area contributed by atoms with E-state index in [0.29, 0.717) is 18.4 Å². The SMILES string of the molecule is C=C(C)CCC(=O)c1ccc(F)c(OC)c1. The van der Waals surface area contributed by atoms with Gasteiger partial charge in [-0.1, -0.05) is 5.57 Å². The van der Waals surface area contributed by atoms with Crippen molar-refractivity contribution in [2.45, 2.75) is 19.8 Å². The van der Waals surface area contributed by atoms with Crippen molar-refractivity contribution in [3.63, 3.8) is 0 Å². The first kappa shape index (κ1) is 12.4. The summed E-state index contributed by atoms with van der Waals surface area (Å²) in [6.07, 6.45) is 1.04. The summed E-state index contributed by atoms with van der Waals surface area (Å²) in [6, 6.07) is 4.14. The van der Waals surface area contributed by atoms with Gasteiger partial charge in [-0.3, -0.25) is 4.79 Å². The molecule has 0 saturated heterocycles. The third kappa shape index (κ3) is 3.19. The quantitative estimate of drug-likeness (QED) is 0.564. The summed E-state index contributed by atoms with van der Waals surface area (Å²) in [4.78, 5) is 11.7. The summed E-state index contributed by atoms with van der Waals surface area (Å²) in [5.41, 5.74) is 1.43. The molecule has 0 heterocycles. The molecule has 0 radical (unpaired) electrons. The lowest BCUT2D eigenvalue weighted by Gasteiger charge is -2.05. The van der Waals surface area contributed by atoms with E-state index in [1.165, 1.54) is 25.3 Å². The van der Waals surface area contributed by atoms with Crippen LogP contribution < -0.4 is 4.74 Å². The monoisotopic (exact) mass is 222 g/mol. The van der Waals surface area contributed by atoms with Gasteiger partial charge in [0, 0.05) is 12.0 Å². The second-order valence-corrected chi connectivity index (χ2v) is 3.73. The lowest BCUT2D eigenvalue weighted by molar-refractivity contribution is 0.0982. The van der Waals surface area contributed by atoms with Crippen LogP contribution in [0.3, 0.4) is 0 Å². The van der Waals surface area contributed by atoms with Gasteiger partial charge >= 0.3 is 0 Å². The zero-order valence-electron chi connectivity index (χ0n) is 9.55. The number of Topliss-reactive ketones (excluding diaryl/α,β-unsaturated/α-hetero) is 1. The highest BCUT2D eigenvalue weighted by molar-refractivity contribution is 5.96. The number of hydrogen-bond acceptors (Lipinski definition) is 2. The Balaban J connectivity index is 2.80. The predicted molar refractivity (Wildman–Crippen MR) is 61.3 cm³/mol. The maximum Gasteiger partial charge on any atom is 0.165 e. The average molecular weight is 222 g/mol. The largest absolute Gasteiger partial charge is 0.494 e. The number of carbonyl (C=O) groups excluding carboxylic acids is 1. The number of benzene rings is 1. The highest BCUT2D eigenvalue weighted by Crippen LogP contribution is 2.19. The minimum atomic E-state index is -0.459. The Kier molecular flexibility index (Phi) is 4.23. The van der Waals surface area contributed by atoms with Gasteiger partial charge in [-0.25, -0.2) is 4.39 Å². The Morgan fingerprint density at radius 3 is 2.69 bits per heavy atom. The molecule has 0 bridgehead atoms. The molecular formula is C13H15FO2. The van der Waals surface area contributed by atoms with E-state index in [1.807, 2.05) is 6.92 Å². The third-order valence-corrected chi connectivity index (χ3v) is 2.25. The van der Waals surface area contributed by atoms with Crippen LogP contribution in [0.1, 0.15) is 30.1 Å². The minimum absolute atomic E-state index is 0.0266. The van der Waals surface area contributed by atoms with Crippen molar-refractivity contribution in [3.05, 3.63) is 41.7 Å². The maximum atomic E-state index is 13.1. The molecule has 2 nitrogen and oxygen atoms in total. The number of ether oxygens (including phenoxy) is 1. The first-order chi connectivity index (χ1) is 7.54. The number of halogens is 1. The number of ketones is 1. The Morgan fingerprint density at radius 2 is 2.12 bits per heavy atom. The van der Waals surface area contributed by atoms with Crippen LogP contribution in [0.2, 0.25) is 0 Å². The van der Waals surface area contributed by atoms with Gasteiger partial charge in [-0.15, -0.1) is 6.58 Å². The predicted octanol–water partition coefficient (Wildman–Crippen LogP) is 3.37. The lowest BCUT2D eigenvalue weighted by Crippen LogP contribution is -2.00. The fourth-order valence-corrected chi connectivity index (χ4v) is 1.30. The van der Waals surface area contributed by atoms with E-state index in [9.17, 15) is 9.18 Å². The molecule has 0 saturated carbocycles. The smallest absolute Gasteiger partial charge is 0.165 e. The molecule has 0 amide bonds. The molecule has 16 heavy (non-hydrogen) atoms. The van der Waals surface area contributed by atoms with E-state index in [-0.39, 0.29) is 11.5 Å². The Bertz CT molecular complexity index is 410. The maximum absolute atomic E-state index is 13.1. The Hall–Kier alpha value is -1.64. The van der Waals surface area contributed by atoms with Crippen LogP contribution in [-0.2, 0) is 0 Å². The molecule has 86 valence electrons. The van der Waals surface area contributed by atoms with Crippen LogP contribution in [0, 0.1) is 5.82 Å². The molecular weight excluding hydrogens is 207 g/mol. The van der Waals surface area contributed by atoms with E-state index in [0.717, 1.165) is 5.57 Å². The number of carbonyl (C=O) groups is 1. The summed E-state index contributed by atoms with van der Waals surface area (Å²) in [5, 5.41) is 0. The fraction of sp³-hybridized carbons (Fsp3) is 0.308. The Morgan fingerprint density at radius 1 is 1.44 bits per heavy atom. The first-order valence-corrected chi connectivity index (χ1v) is 5.05. The molecule has 0 aliphatic rings. The molecule has 0 aliphatic heterocycles. The highest BCUT2D eigenvalue weighted by atomic mass is 19.1. The summed E-state index contributed by atoms with van der Waals surface area (Å²) < 4.78 is 17.9. The molecule has 0 fully saturated rings. The van der Waals surface area contributed by atoms with Crippen LogP contribution in [0.4, 0.5) is 4.39 Å². The molecule has 1 aromatic rings. The van der Waals surface area contributed by atoms with Crippen molar-refractivity contribution in [1.29, 1.82) is 0 Å². The third-order valence-electron chi connectivity index (χ3n) is 2.25. The van der Waals surface area contributed by atoms with Gasteiger partial charge in [-0.2, -0.15) is 0 Å². The zero-order chi connectivity index (χ0) is 12.1. The molecule has 3 heteroatoms. The number of hydrogen-bond donors (Lipinski definition) is 0. The molecule has 0 atom stereocenters. The van der Waals surface area contributed by atoms with Gasteiger partial charge in [0.15, 0.2) is 17.3 Å². The standard InChI is InChI=1S/C13H15FO2/c1-9(2)4-7-12(15)10-5-6-11(14)13(8-10)16-3/h5-6,8H,1,4,7H2,2-3H3. The van der Waals surface area contributed by atoms with Gasteiger partial charge in [0.25, 0.3) is 0 Å². The number of allylic oxidation sites excluding steroid dienone is 1. The van der Waals surface area contributed by atoms with Crippen molar-refractivity contribution in [3.8, 4) is 5.75 Å². The van der Waals surface area contributed by atoms with Gasteiger partial charge in [0.1, 0.15) is 0 Å². The van der Waals surface area contributed by atoms with Gasteiger partial charge in [0.05, 0.1) is 7.11 Å². The minimum Gasteiger partial charge on any atom is -0.494 e. The normalized spacial score (nSPS) is 9.94. The van der Waals surface area contributed by atoms with E-state index >= 15 is 0 Å². The summed E-state index contributed by atoms with van der Waals surface area (Å²) in [7, 11) is 1.38. The highest BCUT2D eigenvalue weighted by Gasteiger charge is 2.09. The van der Waals surface area contributed by atoms with Crippen LogP contribution in [0.5, 0.6) is 5.75 Å². The molecule has 0 N–H and O–H groups in total. The summed E-state index contributed by atoms with van der Waals surface area (Å²) in [5.74, 6) is -0.388. The summed E-state index contributed by atoms with van der Waals surface area (Å²) >= 11 is 0. The number of rotatable bonds is 5. The zero-order valence-corrected chi connectivity index (χ0v) is 9.55. The lowest BCUT2D eigenvalue weighted by atomic mass is 10.0. The molecule has 0 aliphatic carbocycles. The van der Waals surface area contributed by atoms with E-state index in [4.69, 9.17) is 4.74 Å². The average Bonchev–Trinajstić information content (AvgIpc) is 2.26. The van der Waals surface area contributed by atoms with Crippen molar-refractivity contribution in [1.82, 2.24) is 0 Å². The van der Waals surface area contributed by atoms with Crippen molar-refractivity contribution >= 4 is 5.78 Å². The van der Waals surface area contributed by atoms with Crippen molar-refractivity contribution in [2.24, 2.45) is 0 Å². The van der Waals surface area contributed by atoms with Gasteiger partial charge in [0.2, 0.25) is 0 Å². The molecule has 0 spiro atoms. The van der Waals surface area contributed by atoms with Crippen LogP contribution in [0.15, 0.2) is 30.4 Å². The second kappa shape index (κ2) is 5.45. The molecule has 0 aromatic heterocycles. The molecule has 1 aromatic carbocycles. The van der Waals surface area contributed by atoms with Crippen LogP contribution in [0.25, 0.3) is 0 Å². The van der Waals surface area contributed by atoms with Crippen LogP contribution >= 0.6 is 0 Å². The van der Waals surface area contributed by atoms with E-state index < -0.39 is 5.82 Å². The molecule has 1 rings (SSSR count). The van der Waals surface area contributed by atoms with E-state index in [1.54, 1.807) is 0 Å². The molecule has 0 unspecified atom stereocenters. The Labute approximate surface area is 94.7 Å². The number of methoxy groups -OCH3 is 1. The van der Waals surface area contributed by atoms with Crippen molar-refractivity contribution < 1.29 is 13.9 Å². The first-order valence-electron chi connectivity index (χ1n) is 5.05. The van der Waals surface area contributed by atoms with Gasteiger partial charge < -0.3 is 4.74 Å². The second-order valence-electron chi connectivity index (χ2n) is 3.73. The fourth-order valence-electron chi connectivity index (χ4n) is 1.30. The topological polar surface area (TPSA) is 26.3 Å². The summed E-state index contributed by atoms with van der Waals surface area (Å²) in [6.45, 7) is 5.61. The van der Waals surface area contributed by atoms with Gasteiger partial charge in [-0.05, 0) is 31.5 Å². The van der Waals surface area contributed by atoms with Crippen LogP contribution in [-0.4, -0.2) is 12.9 Å². The van der Waals surface area contributed by atoms with E-state index in [2.05, 4.69) is 6.58 Å². The van der Waals surface area contributed by atoms with Crippen molar-refractivity contribution in [2.75, 3.05) is 7.11 Å².